The van der Waals surface area contributed by atoms with E-state index in [0.29, 0.717) is 25.8 Å². The fourth-order valence-electron chi connectivity index (χ4n) is 7.96. The molecule has 298 valence electrons. The molecule has 1 saturated heterocycles. The number of primary amides is 1. The van der Waals surface area contributed by atoms with Crippen LogP contribution in [0.3, 0.4) is 0 Å². The Labute approximate surface area is 315 Å². The zero-order chi connectivity index (χ0) is 40.0. The summed E-state index contributed by atoms with van der Waals surface area (Å²) < 4.78 is 11.9. The van der Waals surface area contributed by atoms with Gasteiger partial charge in [0.25, 0.3) is 0 Å². The highest BCUT2D eigenvalue weighted by atomic mass is 16.5. The molecule has 1 aromatic carbocycles. The summed E-state index contributed by atoms with van der Waals surface area (Å²) in [6.07, 6.45) is 0.921. The summed E-state index contributed by atoms with van der Waals surface area (Å²) in [7, 11) is 6.53. The topological polar surface area (TPSA) is 218 Å². The first-order valence-electron chi connectivity index (χ1n) is 18.8. The van der Waals surface area contributed by atoms with Gasteiger partial charge in [-0.2, -0.15) is 0 Å². The van der Waals surface area contributed by atoms with Crippen LogP contribution in [0.5, 0.6) is 0 Å². The lowest BCUT2D eigenvalue weighted by molar-refractivity contribution is -0.148. The number of nitrogens with two attached hydrogens (primary N) is 2. The van der Waals surface area contributed by atoms with E-state index in [2.05, 4.69) is 20.7 Å². The molecule has 2 rings (SSSR count). The van der Waals surface area contributed by atoms with E-state index in [9.17, 15) is 24.7 Å². The van der Waals surface area contributed by atoms with Crippen molar-refractivity contribution in [2.24, 2.45) is 40.3 Å². The molecule has 1 heterocycles. The first-order valence-corrected chi connectivity index (χ1v) is 18.8. The second-order valence-electron chi connectivity index (χ2n) is 14.8. The van der Waals surface area contributed by atoms with Gasteiger partial charge in [-0.3, -0.25) is 19.2 Å². The van der Waals surface area contributed by atoms with Crippen molar-refractivity contribution in [3.05, 3.63) is 46.3 Å². The second kappa shape index (κ2) is 21.8. The molecule has 2 unspecified atom stereocenters. The van der Waals surface area contributed by atoms with E-state index < -0.39 is 66.1 Å². The molecule has 53 heavy (non-hydrogen) atoms. The molecule has 1 aromatic rings. The monoisotopic (exact) mass is 744 g/mol. The van der Waals surface area contributed by atoms with Gasteiger partial charge in [0.1, 0.15) is 6.04 Å². The van der Waals surface area contributed by atoms with Crippen LogP contribution in [0.4, 0.5) is 0 Å². The fourth-order valence-corrected chi connectivity index (χ4v) is 7.96. The molecule has 0 aliphatic carbocycles. The highest BCUT2D eigenvalue weighted by molar-refractivity contribution is 5.88. The number of carbonyl (C=O) groups is 4. The van der Waals surface area contributed by atoms with Crippen molar-refractivity contribution in [1.29, 1.82) is 0 Å². The highest BCUT2D eigenvalue weighted by Crippen LogP contribution is 2.31. The lowest BCUT2D eigenvalue weighted by Gasteiger charge is -2.42. The lowest BCUT2D eigenvalue weighted by Crippen LogP contribution is -2.60. The van der Waals surface area contributed by atoms with Gasteiger partial charge < -0.3 is 41.4 Å². The average Bonchev–Trinajstić information content (AvgIpc) is 3.61. The maximum atomic E-state index is 14.4. The molecule has 4 amide bonds. The number of nitrogens with zero attached hydrogens (tertiary/aromatic N) is 5. The summed E-state index contributed by atoms with van der Waals surface area (Å²) in [4.78, 5) is 60.8. The predicted octanol–water partition coefficient (Wildman–Crippen LogP) is 3.01. The molecule has 0 aromatic heterocycles. The number of amides is 4. The van der Waals surface area contributed by atoms with Gasteiger partial charge in [-0.15, -0.1) is 0 Å². The van der Waals surface area contributed by atoms with Crippen LogP contribution in [0.15, 0.2) is 35.4 Å². The average molecular weight is 744 g/mol. The molecule has 1 aliphatic rings. The Kier molecular flexibility index (Phi) is 18.7. The third-order valence-electron chi connectivity index (χ3n) is 11.1. The van der Waals surface area contributed by atoms with Gasteiger partial charge in [0, 0.05) is 57.3 Å². The number of hydrogen-bond donors (Lipinski definition) is 4. The van der Waals surface area contributed by atoms with Gasteiger partial charge >= 0.3 is 0 Å². The van der Waals surface area contributed by atoms with E-state index in [1.807, 2.05) is 58.0 Å². The van der Waals surface area contributed by atoms with Gasteiger partial charge in [0.05, 0.1) is 42.5 Å². The third-order valence-corrected chi connectivity index (χ3v) is 11.1. The molecule has 1 aliphatic heterocycles. The summed E-state index contributed by atoms with van der Waals surface area (Å²) in [5, 5.41) is 9.91. The molecule has 6 N–H and O–H groups in total. The molecule has 0 saturated carbocycles. The van der Waals surface area contributed by atoms with Gasteiger partial charge in [0.15, 0.2) is 0 Å². The van der Waals surface area contributed by atoms with E-state index >= 15 is 0 Å². The minimum atomic E-state index is -0.913. The van der Waals surface area contributed by atoms with Crippen molar-refractivity contribution in [1.82, 2.24) is 20.4 Å². The number of carbonyl (C=O) groups excluding carboxylic acids is 4. The van der Waals surface area contributed by atoms with Crippen molar-refractivity contribution >= 4 is 23.6 Å². The maximum absolute atomic E-state index is 14.4. The zero-order valence-electron chi connectivity index (χ0n) is 33.4. The zero-order valence-corrected chi connectivity index (χ0v) is 33.4. The van der Waals surface area contributed by atoms with Gasteiger partial charge in [-0.1, -0.05) is 83.4 Å². The summed E-state index contributed by atoms with van der Waals surface area (Å²) in [5.41, 5.74) is 22.6. The summed E-state index contributed by atoms with van der Waals surface area (Å²) in [6.45, 7) is 11.9. The number of likely N-dealkylation sites (tertiary alicyclic amines) is 1. The number of benzene rings is 1. The van der Waals surface area contributed by atoms with Crippen molar-refractivity contribution in [3.8, 4) is 0 Å². The predicted molar refractivity (Wildman–Crippen MR) is 205 cm³/mol. The van der Waals surface area contributed by atoms with Crippen molar-refractivity contribution in [3.63, 3.8) is 0 Å². The third kappa shape index (κ3) is 11.9. The molecule has 11 atom stereocenters. The number of methoxy groups -OCH3 is 2. The van der Waals surface area contributed by atoms with E-state index in [1.54, 1.807) is 37.7 Å². The van der Waals surface area contributed by atoms with Crippen LogP contribution in [0, 0.1) is 23.7 Å². The van der Waals surface area contributed by atoms with Crippen molar-refractivity contribution < 1.29 is 28.7 Å². The van der Waals surface area contributed by atoms with E-state index in [4.69, 9.17) is 20.9 Å². The lowest BCUT2D eigenvalue weighted by atomic mass is 9.82. The Hall–Kier alpha value is -3.75. The molecule has 1 fully saturated rings. The van der Waals surface area contributed by atoms with Crippen LogP contribution in [-0.2, 0) is 35.1 Å². The molecular formula is C38H65N9O6. The van der Waals surface area contributed by atoms with Crippen LogP contribution in [0.1, 0.15) is 72.8 Å². The van der Waals surface area contributed by atoms with Crippen LogP contribution < -0.4 is 22.1 Å². The Morgan fingerprint density at radius 1 is 1.09 bits per heavy atom. The number of hydrogen-bond acceptors (Lipinski definition) is 9. The number of azide groups is 1. The Bertz CT molecular complexity index is 1380. The molecule has 15 nitrogen and oxygen atoms in total. The first kappa shape index (κ1) is 45.4. The maximum Gasteiger partial charge on any atom is 0.240 e. The Morgan fingerprint density at radius 3 is 2.25 bits per heavy atom. The van der Waals surface area contributed by atoms with Gasteiger partial charge in [-0.05, 0) is 42.8 Å². The van der Waals surface area contributed by atoms with Crippen LogP contribution in [-0.4, -0.2) is 117 Å². The van der Waals surface area contributed by atoms with Crippen LogP contribution in [0.2, 0.25) is 0 Å². The summed E-state index contributed by atoms with van der Waals surface area (Å²) >= 11 is 0. The number of likely N-dealkylation sites (N-methyl/N-ethyl adjacent to an activating group) is 2. The summed E-state index contributed by atoms with van der Waals surface area (Å²) in [5.74, 6) is -3.05. The first-order chi connectivity index (χ1) is 25.1. The molecule has 0 spiro atoms. The quantitative estimate of drug-likeness (QED) is 0.0784. The molecule has 0 radical (unpaired) electrons. The Balaban J connectivity index is 2.33. The Morgan fingerprint density at radius 2 is 1.74 bits per heavy atom. The number of nitrogens with one attached hydrogen (secondary N) is 2. The summed E-state index contributed by atoms with van der Waals surface area (Å²) in [6, 6.07) is 5.84. The number of rotatable bonds is 22. The van der Waals surface area contributed by atoms with E-state index in [0.717, 1.165) is 5.56 Å². The molecular weight excluding hydrogens is 678 g/mol. The fraction of sp³-hybridized carbons (Fsp3) is 0.737. The van der Waals surface area contributed by atoms with E-state index in [-0.39, 0.29) is 42.5 Å². The standard InChI is InChI=1S/C38H65N9O6/c1-11-23(4)34(46(8)38(51)31(25(6)44-45-41)32(39)33(42-7)22(2)3)29(52-9)21-30(48)47-19-15-18-28(47)35(53-10)24(5)37(50)43-27(36(40)49)20-26-16-13-12-14-17-26/h12-14,16-17,22-25,27-29,31-35,42H,11,15,18-21,39H2,1-10H3,(H2,40,49)(H,43,50)/t23-,24+,25?,27-,28-,29+,31+,32?,33-,34-,35+/m0/s1. The second-order valence-corrected chi connectivity index (χ2v) is 14.8. The SMILES string of the molecule is CC[C@H](C)[C@@H]([C@@H](CC(=O)N1CCC[C@H]1[C@H](OC)[C@@H](C)C(=O)N[C@@H](Cc1ccccc1)C(N)=O)OC)N(C)C(=O)[C@H](C(C)N=[N+]=[N-])C(N)[C@@H](NC)C(C)C. The molecule has 0 bridgehead atoms. The largest absolute Gasteiger partial charge is 0.379 e. The minimum Gasteiger partial charge on any atom is -0.379 e. The normalized spacial score (nSPS) is 20.2. The van der Waals surface area contributed by atoms with Gasteiger partial charge in [-0.25, -0.2) is 0 Å². The van der Waals surface area contributed by atoms with Crippen molar-refractivity contribution in [2.75, 3.05) is 34.9 Å². The molecule has 15 heteroatoms. The van der Waals surface area contributed by atoms with Gasteiger partial charge in [0.2, 0.25) is 23.6 Å². The van der Waals surface area contributed by atoms with Crippen molar-refractivity contribution in [2.45, 2.75) is 122 Å². The number of ether oxygens (including phenoxy) is 2. The smallest absolute Gasteiger partial charge is 0.240 e. The van der Waals surface area contributed by atoms with Crippen LogP contribution >= 0.6 is 0 Å². The minimum absolute atomic E-state index is 0.0226. The van der Waals surface area contributed by atoms with Crippen LogP contribution in [0.25, 0.3) is 10.4 Å². The highest BCUT2D eigenvalue weighted by Gasteiger charge is 2.44. The van der Waals surface area contributed by atoms with E-state index in [1.165, 1.54) is 14.2 Å².